The smallest absolute Gasteiger partial charge is 0.294 e. The molecule has 0 aliphatic heterocycles. The maximum absolute atomic E-state index is 12.3. The van der Waals surface area contributed by atoms with E-state index in [0.29, 0.717) is 3.57 Å². The van der Waals surface area contributed by atoms with Gasteiger partial charge in [0.15, 0.2) is 5.78 Å². The maximum Gasteiger partial charge on any atom is 0.416 e. The lowest BCUT2D eigenvalue weighted by Crippen LogP contribution is -2.08. The predicted octanol–water partition coefficient (Wildman–Crippen LogP) is 4.12. The predicted molar refractivity (Wildman–Crippen MR) is 63.8 cm³/mol. The average molecular weight is 363 g/mol. The minimum atomic E-state index is -4.38. The lowest BCUT2D eigenvalue weighted by molar-refractivity contribution is -0.137. The first kappa shape index (κ1) is 13.8. The fourth-order valence-corrected chi connectivity index (χ4v) is 2.13. The van der Waals surface area contributed by atoms with Gasteiger partial charge in [-0.1, -0.05) is 0 Å². The van der Waals surface area contributed by atoms with E-state index in [1.165, 1.54) is 6.07 Å². The van der Waals surface area contributed by atoms with Crippen molar-refractivity contribution in [2.24, 2.45) is 0 Å². The molecule has 0 bridgehead atoms. The first-order chi connectivity index (χ1) is 7.36. The van der Waals surface area contributed by atoms with Gasteiger partial charge in [0, 0.05) is 21.4 Å². The standard InChI is InChI=1S/C10H7ClF3IO/c11-4-3-9(16)7-2-1-6(5-8(7)15)10(12,13)14/h1-2,5H,3-4H2. The van der Waals surface area contributed by atoms with E-state index < -0.39 is 11.7 Å². The van der Waals surface area contributed by atoms with Crippen LogP contribution in [0.25, 0.3) is 0 Å². The Hall–Kier alpha value is -0.300. The number of benzene rings is 1. The Kier molecular flexibility index (Phi) is 4.61. The molecule has 0 aliphatic carbocycles. The van der Waals surface area contributed by atoms with Gasteiger partial charge in [0.25, 0.3) is 0 Å². The van der Waals surface area contributed by atoms with Gasteiger partial charge >= 0.3 is 6.18 Å². The number of carbonyl (C=O) groups is 1. The molecule has 0 fully saturated rings. The van der Waals surface area contributed by atoms with Crippen molar-refractivity contribution in [3.8, 4) is 0 Å². The number of ketones is 1. The summed E-state index contributed by atoms with van der Waals surface area (Å²) >= 11 is 7.12. The molecular weight excluding hydrogens is 355 g/mol. The lowest BCUT2D eigenvalue weighted by Gasteiger charge is -2.09. The first-order valence-corrected chi connectivity index (χ1v) is 5.93. The second kappa shape index (κ2) is 5.35. The molecule has 1 aromatic rings. The van der Waals surface area contributed by atoms with Crippen LogP contribution in [0.15, 0.2) is 18.2 Å². The zero-order valence-electron chi connectivity index (χ0n) is 7.94. The third kappa shape index (κ3) is 3.35. The third-order valence-electron chi connectivity index (χ3n) is 1.92. The Balaban J connectivity index is 3.05. The van der Waals surface area contributed by atoms with E-state index in [4.69, 9.17) is 11.6 Å². The number of rotatable bonds is 3. The van der Waals surface area contributed by atoms with Gasteiger partial charge in [-0.25, -0.2) is 0 Å². The zero-order valence-corrected chi connectivity index (χ0v) is 10.9. The SMILES string of the molecule is O=C(CCCl)c1ccc(C(F)(F)F)cc1I. The number of hydrogen-bond donors (Lipinski definition) is 0. The van der Waals surface area contributed by atoms with Gasteiger partial charge in [-0.3, -0.25) is 4.79 Å². The van der Waals surface area contributed by atoms with Crippen LogP contribution in [0.1, 0.15) is 22.3 Å². The normalized spacial score (nSPS) is 11.6. The largest absolute Gasteiger partial charge is 0.416 e. The highest BCUT2D eigenvalue weighted by Crippen LogP contribution is 2.31. The summed E-state index contributed by atoms with van der Waals surface area (Å²) in [5.41, 5.74) is -0.464. The van der Waals surface area contributed by atoms with Crippen molar-refractivity contribution in [2.75, 3.05) is 5.88 Å². The van der Waals surface area contributed by atoms with Gasteiger partial charge in [-0.05, 0) is 40.8 Å². The summed E-state index contributed by atoms with van der Waals surface area (Å²) in [6, 6.07) is 3.06. The molecule has 0 aliphatic rings. The van der Waals surface area contributed by atoms with E-state index in [0.717, 1.165) is 12.1 Å². The van der Waals surface area contributed by atoms with Crippen LogP contribution < -0.4 is 0 Å². The van der Waals surface area contributed by atoms with Gasteiger partial charge in [0.2, 0.25) is 0 Å². The highest BCUT2D eigenvalue weighted by molar-refractivity contribution is 14.1. The summed E-state index contributed by atoms with van der Waals surface area (Å²) in [5.74, 6) is -0.0798. The van der Waals surface area contributed by atoms with Crippen LogP contribution in [0.5, 0.6) is 0 Å². The molecule has 1 rings (SSSR count). The summed E-state index contributed by atoms with van der Waals surface area (Å²) in [7, 11) is 0. The Labute approximate surface area is 109 Å². The number of alkyl halides is 4. The lowest BCUT2D eigenvalue weighted by atomic mass is 10.1. The van der Waals surface area contributed by atoms with Crippen molar-refractivity contribution < 1.29 is 18.0 Å². The maximum atomic E-state index is 12.3. The van der Waals surface area contributed by atoms with E-state index in [1.54, 1.807) is 22.6 Å². The summed E-state index contributed by atoms with van der Waals surface area (Å²) in [5, 5.41) is 0. The second-order valence-corrected chi connectivity index (χ2v) is 4.59. The van der Waals surface area contributed by atoms with Gasteiger partial charge in [0.1, 0.15) is 0 Å². The molecule has 0 unspecified atom stereocenters. The Bertz CT molecular complexity index is 404. The molecule has 88 valence electrons. The van der Waals surface area contributed by atoms with Crippen LogP contribution in [-0.2, 0) is 6.18 Å². The summed E-state index contributed by atoms with van der Waals surface area (Å²) < 4.78 is 37.3. The highest BCUT2D eigenvalue weighted by atomic mass is 127. The van der Waals surface area contributed by atoms with E-state index in [-0.39, 0.29) is 23.6 Å². The Morgan fingerprint density at radius 2 is 2.00 bits per heavy atom. The number of Topliss-reactive ketones (excluding diaryl/α,β-unsaturated/α-hetero) is 1. The van der Waals surface area contributed by atoms with Gasteiger partial charge in [-0.2, -0.15) is 13.2 Å². The van der Waals surface area contributed by atoms with Crippen LogP contribution in [-0.4, -0.2) is 11.7 Å². The van der Waals surface area contributed by atoms with Gasteiger partial charge in [0.05, 0.1) is 5.56 Å². The molecule has 0 heterocycles. The quantitative estimate of drug-likeness (QED) is 0.449. The van der Waals surface area contributed by atoms with Crippen LogP contribution in [0.2, 0.25) is 0 Å². The number of halogens is 5. The van der Waals surface area contributed by atoms with Gasteiger partial charge < -0.3 is 0 Å². The number of carbonyl (C=O) groups excluding carboxylic acids is 1. The van der Waals surface area contributed by atoms with Crippen LogP contribution in [0.3, 0.4) is 0 Å². The minimum Gasteiger partial charge on any atom is -0.294 e. The minimum absolute atomic E-state index is 0.128. The van der Waals surface area contributed by atoms with Crippen molar-refractivity contribution >= 4 is 40.0 Å². The number of hydrogen-bond acceptors (Lipinski definition) is 1. The zero-order chi connectivity index (χ0) is 12.3. The molecule has 0 atom stereocenters. The fourth-order valence-electron chi connectivity index (χ4n) is 1.14. The summed E-state index contributed by atoms with van der Waals surface area (Å²) in [4.78, 5) is 11.5. The molecule has 1 aromatic carbocycles. The van der Waals surface area contributed by atoms with Crippen LogP contribution >= 0.6 is 34.2 Å². The molecule has 0 aromatic heterocycles. The molecule has 0 spiro atoms. The molecule has 0 amide bonds. The summed E-state index contributed by atoms with van der Waals surface area (Å²) in [6.07, 6.45) is -4.25. The Morgan fingerprint density at radius 3 is 2.44 bits per heavy atom. The first-order valence-electron chi connectivity index (χ1n) is 4.32. The molecular formula is C10H7ClF3IO. The van der Waals surface area contributed by atoms with Crippen LogP contribution in [0, 0.1) is 3.57 Å². The monoisotopic (exact) mass is 362 g/mol. The average Bonchev–Trinajstić information content (AvgIpc) is 2.16. The van der Waals surface area contributed by atoms with Crippen molar-refractivity contribution in [2.45, 2.75) is 12.6 Å². The molecule has 0 radical (unpaired) electrons. The van der Waals surface area contributed by atoms with Crippen LogP contribution in [0.4, 0.5) is 13.2 Å². The van der Waals surface area contributed by atoms with Crippen molar-refractivity contribution in [1.82, 2.24) is 0 Å². The molecule has 0 saturated carbocycles. The van der Waals surface area contributed by atoms with E-state index in [9.17, 15) is 18.0 Å². The fraction of sp³-hybridized carbons (Fsp3) is 0.300. The van der Waals surface area contributed by atoms with Gasteiger partial charge in [-0.15, -0.1) is 11.6 Å². The molecule has 6 heteroatoms. The third-order valence-corrected chi connectivity index (χ3v) is 3.00. The topological polar surface area (TPSA) is 17.1 Å². The van der Waals surface area contributed by atoms with E-state index >= 15 is 0 Å². The van der Waals surface area contributed by atoms with Crippen molar-refractivity contribution in [1.29, 1.82) is 0 Å². The molecule has 16 heavy (non-hydrogen) atoms. The molecule has 0 saturated heterocycles. The molecule has 0 N–H and O–H groups in total. The van der Waals surface area contributed by atoms with E-state index in [1.807, 2.05) is 0 Å². The van der Waals surface area contributed by atoms with Crippen molar-refractivity contribution in [3.05, 3.63) is 32.9 Å². The second-order valence-electron chi connectivity index (χ2n) is 3.05. The summed E-state index contributed by atoms with van der Waals surface area (Å²) in [6.45, 7) is 0. The van der Waals surface area contributed by atoms with E-state index in [2.05, 4.69) is 0 Å². The highest BCUT2D eigenvalue weighted by Gasteiger charge is 2.31. The Morgan fingerprint density at radius 1 is 1.38 bits per heavy atom. The van der Waals surface area contributed by atoms with Crippen molar-refractivity contribution in [3.63, 3.8) is 0 Å². The molecule has 1 nitrogen and oxygen atoms in total.